The molecular formula is C34H46N4O6. The molecule has 1 aliphatic heterocycles. The van der Waals surface area contributed by atoms with Crippen LogP contribution in [0.5, 0.6) is 23.0 Å². The van der Waals surface area contributed by atoms with E-state index >= 15 is 0 Å². The quantitative estimate of drug-likeness (QED) is 0.151. The van der Waals surface area contributed by atoms with Crippen molar-refractivity contribution in [2.24, 2.45) is 0 Å². The molecular weight excluding hydrogens is 560 g/mol. The summed E-state index contributed by atoms with van der Waals surface area (Å²) in [5.41, 5.74) is 1.72. The van der Waals surface area contributed by atoms with Crippen LogP contribution < -0.4 is 28.7 Å². The molecule has 10 heteroatoms. The van der Waals surface area contributed by atoms with Gasteiger partial charge in [-0.15, -0.1) is 0 Å². The summed E-state index contributed by atoms with van der Waals surface area (Å²) in [5.74, 6) is 1.80. The SMILES string of the molecule is CCCCOc1ccc(OCCCC)c2c1N(C(C)=O)c1nc3c(OCCCC)ccc(OCCCC)c3nc1N2C(C)=O. The maximum Gasteiger partial charge on any atom is 0.229 e. The van der Waals surface area contributed by atoms with Crippen LogP contribution in [0.25, 0.3) is 11.0 Å². The third kappa shape index (κ3) is 7.00. The molecule has 238 valence electrons. The normalized spacial score (nSPS) is 12.1. The topological polar surface area (TPSA) is 103 Å². The Labute approximate surface area is 260 Å². The van der Waals surface area contributed by atoms with Crippen LogP contribution in [0, 0.1) is 0 Å². The molecule has 0 fully saturated rings. The van der Waals surface area contributed by atoms with Gasteiger partial charge in [0.2, 0.25) is 11.8 Å². The highest BCUT2D eigenvalue weighted by Gasteiger charge is 2.40. The van der Waals surface area contributed by atoms with Gasteiger partial charge >= 0.3 is 0 Å². The van der Waals surface area contributed by atoms with Crippen LogP contribution in [0.2, 0.25) is 0 Å². The number of carbonyl (C=O) groups is 2. The number of ether oxygens (including phenoxy) is 4. The molecule has 10 nitrogen and oxygen atoms in total. The number of unbranched alkanes of at least 4 members (excludes halogenated alkanes) is 4. The molecule has 3 aromatic rings. The average molecular weight is 607 g/mol. The maximum absolute atomic E-state index is 13.5. The lowest BCUT2D eigenvalue weighted by molar-refractivity contribution is -0.117. The summed E-state index contributed by atoms with van der Waals surface area (Å²) in [6.45, 7) is 13.2. The average Bonchev–Trinajstić information content (AvgIpc) is 3.00. The van der Waals surface area contributed by atoms with Crippen molar-refractivity contribution in [1.82, 2.24) is 9.97 Å². The predicted octanol–water partition coefficient (Wildman–Crippen LogP) is 8.03. The van der Waals surface area contributed by atoms with Gasteiger partial charge in [-0.2, -0.15) is 0 Å². The second-order valence-electron chi connectivity index (χ2n) is 10.9. The van der Waals surface area contributed by atoms with Crippen LogP contribution in [-0.2, 0) is 9.59 Å². The molecule has 2 aromatic carbocycles. The molecule has 0 saturated carbocycles. The fraction of sp³-hybridized carbons (Fsp3) is 0.529. The van der Waals surface area contributed by atoms with Crippen molar-refractivity contribution in [3.8, 4) is 23.0 Å². The second kappa shape index (κ2) is 15.6. The van der Waals surface area contributed by atoms with Gasteiger partial charge in [0, 0.05) is 13.8 Å². The minimum absolute atomic E-state index is 0.213. The third-order valence-electron chi connectivity index (χ3n) is 7.31. The number of aromatic nitrogens is 2. The summed E-state index contributed by atoms with van der Waals surface area (Å²) in [6, 6.07) is 7.25. The van der Waals surface area contributed by atoms with Crippen molar-refractivity contribution >= 4 is 45.9 Å². The molecule has 2 amide bonds. The molecule has 0 radical (unpaired) electrons. The highest BCUT2D eigenvalue weighted by atomic mass is 16.5. The zero-order valence-corrected chi connectivity index (χ0v) is 27.0. The second-order valence-corrected chi connectivity index (χ2v) is 10.9. The van der Waals surface area contributed by atoms with Crippen LogP contribution >= 0.6 is 0 Å². The third-order valence-corrected chi connectivity index (χ3v) is 7.31. The van der Waals surface area contributed by atoms with Gasteiger partial charge in [0.05, 0.1) is 26.4 Å². The summed E-state index contributed by atoms with van der Waals surface area (Å²) in [4.78, 5) is 40.0. The highest BCUT2D eigenvalue weighted by molar-refractivity contribution is 6.17. The van der Waals surface area contributed by atoms with Gasteiger partial charge in [-0.3, -0.25) is 19.4 Å². The molecule has 0 spiro atoms. The van der Waals surface area contributed by atoms with E-state index < -0.39 is 0 Å². The predicted molar refractivity (Wildman–Crippen MR) is 173 cm³/mol. The van der Waals surface area contributed by atoms with Gasteiger partial charge in [0.15, 0.2) is 11.6 Å². The largest absolute Gasteiger partial charge is 0.491 e. The number of hydrogen-bond donors (Lipinski definition) is 0. The van der Waals surface area contributed by atoms with E-state index in [1.54, 1.807) is 12.1 Å². The molecule has 44 heavy (non-hydrogen) atoms. The number of rotatable bonds is 16. The van der Waals surface area contributed by atoms with Crippen molar-refractivity contribution in [2.75, 3.05) is 36.2 Å². The van der Waals surface area contributed by atoms with Crippen LogP contribution in [0.15, 0.2) is 24.3 Å². The van der Waals surface area contributed by atoms with Crippen molar-refractivity contribution in [1.29, 1.82) is 0 Å². The Kier molecular flexibility index (Phi) is 11.6. The van der Waals surface area contributed by atoms with Crippen LogP contribution in [-0.4, -0.2) is 48.2 Å². The standard InChI is InChI=1S/C34H46N4O6/c1-7-11-19-41-25-15-16-26(42-20-12-8-2)30-29(25)35-33-34(36-30)38(24(6)40)32-28(44-22-14-10-4)18-17-27(43-21-13-9-3)31(32)37(33)23(5)39/h15-18H,7-14,19-22H2,1-6H3. The van der Waals surface area contributed by atoms with E-state index in [2.05, 4.69) is 27.7 Å². The molecule has 0 unspecified atom stereocenters. The first-order valence-electron chi connectivity index (χ1n) is 16.0. The van der Waals surface area contributed by atoms with E-state index in [0.29, 0.717) is 71.8 Å². The fourth-order valence-electron chi connectivity index (χ4n) is 4.94. The lowest BCUT2D eigenvalue weighted by Crippen LogP contribution is -2.37. The first kappa shape index (κ1) is 32.8. The molecule has 0 atom stereocenters. The van der Waals surface area contributed by atoms with Gasteiger partial charge < -0.3 is 18.9 Å². The smallest absolute Gasteiger partial charge is 0.229 e. The minimum Gasteiger partial charge on any atom is -0.491 e. The van der Waals surface area contributed by atoms with E-state index in [0.717, 1.165) is 51.4 Å². The lowest BCUT2D eigenvalue weighted by atomic mass is 10.1. The zero-order valence-electron chi connectivity index (χ0n) is 27.0. The van der Waals surface area contributed by atoms with Crippen LogP contribution in [0.4, 0.5) is 23.0 Å². The van der Waals surface area contributed by atoms with E-state index in [-0.39, 0.29) is 23.5 Å². The van der Waals surface area contributed by atoms with Crippen LogP contribution in [0.3, 0.4) is 0 Å². The molecule has 0 N–H and O–H groups in total. The van der Waals surface area contributed by atoms with Gasteiger partial charge in [0.25, 0.3) is 0 Å². The van der Waals surface area contributed by atoms with Crippen molar-refractivity contribution in [2.45, 2.75) is 92.9 Å². The highest BCUT2D eigenvalue weighted by Crippen LogP contribution is 2.55. The van der Waals surface area contributed by atoms with Gasteiger partial charge in [-0.1, -0.05) is 53.4 Å². The molecule has 1 aliphatic rings. The number of fused-ring (bicyclic) bond motifs is 3. The molecule has 0 aliphatic carbocycles. The Balaban J connectivity index is 2.01. The van der Waals surface area contributed by atoms with Gasteiger partial charge in [-0.25, -0.2) is 9.97 Å². The zero-order chi connectivity index (χ0) is 31.6. The molecule has 2 heterocycles. The van der Waals surface area contributed by atoms with Crippen LogP contribution in [0.1, 0.15) is 92.9 Å². The van der Waals surface area contributed by atoms with Gasteiger partial charge in [-0.05, 0) is 49.9 Å². The Hall–Kier alpha value is -4.08. The Morgan fingerprint density at radius 2 is 0.841 bits per heavy atom. The minimum atomic E-state index is -0.306. The summed E-state index contributed by atoms with van der Waals surface area (Å²) in [6.07, 6.45) is 7.26. The van der Waals surface area contributed by atoms with E-state index in [1.807, 2.05) is 12.1 Å². The summed E-state index contributed by atoms with van der Waals surface area (Å²) in [5, 5.41) is 0. The summed E-state index contributed by atoms with van der Waals surface area (Å²) < 4.78 is 24.7. The number of benzene rings is 2. The first-order chi connectivity index (χ1) is 21.4. The molecule has 0 saturated heterocycles. The fourth-order valence-corrected chi connectivity index (χ4v) is 4.94. The van der Waals surface area contributed by atoms with E-state index in [9.17, 15) is 9.59 Å². The Morgan fingerprint density at radius 3 is 1.14 bits per heavy atom. The number of nitrogens with zero attached hydrogens (tertiary/aromatic N) is 4. The monoisotopic (exact) mass is 606 g/mol. The molecule has 1 aromatic heterocycles. The van der Waals surface area contributed by atoms with Gasteiger partial charge in [0.1, 0.15) is 45.4 Å². The number of carbonyl (C=O) groups excluding carboxylic acids is 2. The number of hydrogen-bond acceptors (Lipinski definition) is 8. The van der Waals surface area contributed by atoms with Crippen molar-refractivity contribution in [3.63, 3.8) is 0 Å². The van der Waals surface area contributed by atoms with Crippen molar-refractivity contribution in [3.05, 3.63) is 24.3 Å². The maximum atomic E-state index is 13.5. The number of anilines is 4. The number of amides is 2. The lowest BCUT2D eigenvalue weighted by Gasteiger charge is -2.37. The van der Waals surface area contributed by atoms with E-state index in [1.165, 1.54) is 23.6 Å². The summed E-state index contributed by atoms with van der Waals surface area (Å²) >= 11 is 0. The first-order valence-corrected chi connectivity index (χ1v) is 16.0. The molecule has 4 rings (SSSR count). The Bertz CT molecular complexity index is 1350. The Morgan fingerprint density at radius 1 is 0.545 bits per heavy atom. The molecule has 0 bridgehead atoms. The summed E-state index contributed by atoms with van der Waals surface area (Å²) in [7, 11) is 0. The van der Waals surface area contributed by atoms with E-state index in [4.69, 9.17) is 28.9 Å². The van der Waals surface area contributed by atoms with Crippen molar-refractivity contribution < 1.29 is 28.5 Å².